The first-order valence-electron chi connectivity index (χ1n) is 4.61. The van der Waals surface area contributed by atoms with E-state index in [1.807, 2.05) is 17.1 Å². The molecule has 0 atom stereocenters. The predicted molar refractivity (Wildman–Crippen MR) is 51.7 cm³/mol. The lowest BCUT2D eigenvalue weighted by Crippen LogP contribution is -2.01. The third-order valence-electron chi connectivity index (χ3n) is 2.00. The second-order valence-electron chi connectivity index (χ2n) is 3.52. The molecule has 0 saturated carbocycles. The summed E-state index contributed by atoms with van der Waals surface area (Å²) in [6.07, 6.45) is 7.13. The first-order chi connectivity index (χ1) is 6.75. The van der Waals surface area contributed by atoms with Crippen LogP contribution in [0.1, 0.15) is 25.5 Å². The van der Waals surface area contributed by atoms with Crippen LogP contribution < -0.4 is 0 Å². The Bertz CT molecular complexity index is 387. The summed E-state index contributed by atoms with van der Waals surface area (Å²) < 4.78 is 3.72. The summed E-state index contributed by atoms with van der Waals surface area (Å²) in [7, 11) is 0. The number of nitrogens with zero attached hydrogens (tertiary/aromatic N) is 5. The zero-order chi connectivity index (χ0) is 9.97. The van der Waals surface area contributed by atoms with Gasteiger partial charge in [0.25, 0.3) is 0 Å². The van der Waals surface area contributed by atoms with Crippen LogP contribution in [0.5, 0.6) is 0 Å². The third-order valence-corrected chi connectivity index (χ3v) is 2.00. The van der Waals surface area contributed by atoms with Crippen molar-refractivity contribution < 1.29 is 0 Å². The monoisotopic (exact) mass is 191 g/mol. The van der Waals surface area contributed by atoms with Gasteiger partial charge in [-0.25, -0.2) is 9.67 Å². The maximum absolute atomic E-state index is 4.25. The van der Waals surface area contributed by atoms with Gasteiger partial charge in [0, 0.05) is 17.8 Å². The van der Waals surface area contributed by atoms with Gasteiger partial charge in [0.2, 0.25) is 0 Å². The molecule has 0 bridgehead atoms. The first-order valence-corrected chi connectivity index (χ1v) is 4.61. The molecule has 74 valence electrons. The highest BCUT2D eigenvalue weighted by Gasteiger charge is 2.02. The Kier molecular flexibility index (Phi) is 2.30. The molecule has 0 spiro atoms. The standard InChI is InChI=1S/C9H13N5/c1-8(2)14-5-9(3-11-14)4-13-7-10-6-12-13/h3,5-8H,4H2,1-2H3. The van der Waals surface area contributed by atoms with Crippen LogP contribution in [0.25, 0.3) is 0 Å². The van der Waals surface area contributed by atoms with Crippen LogP contribution in [-0.4, -0.2) is 24.5 Å². The maximum atomic E-state index is 4.25. The Balaban J connectivity index is 2.11. The highest BCUT2D eigenvalue weighted by atomic mass is 15.3. The number of aromatic nitrogens is 5. The van der Waals surface area contributed by atoms with E-state index in [0.717, 1.165) is 12.1 Å². The van der Waals surface area contributed by atoms with E-state index in [0.29, 0.717) is 6.04 Å². The summed E-state index contributed by atoms with van der Waals surface area (Å²) in [5.74, 6) is 0. The van der Waals surface area contributed by atoms with Crippen LogP contribution in [0.2, 0.25) is 0 Å². The van der Waals surface area contributed by atoms with Crippen molar-refractivity contribution in [2.75, 3.05) is 0 Å². The van der Waals surface area contributed by atoms with Gasteiger partial charge >= 0.3 is 0 Å². The van der Waals surface area contributed by atoms with Gasteiger partial charge in [-0.3, -0.25) is 4.68 Å². The summed E-state index contributed by atoms with van der Waals surface area (Å²) in [6.45, 7) is 4.94. The fourth-order valence-corrected chi connectivity index (χ4v) is 1.24. The largest absolute Gasteiger partial charge is 0.270 e. The zero-order valence-corrected chi connectivity index (χ0v) is 8.33. The Morgan fingerprint density at radius 3 is 2.79 bits per heavy atom. The third kappa shape index (κ3) is 1.81. The Hall–Kier alpha value is -1.65. The molecule has 0 aromatic carbocycles. The van der Waals surface area contributed by atoms with Crippen molar-refractivity contribution in [3.63, 3.8) is 0 Å². The highest BCUT2D eigenvalue weighted by Crippen LogP contribution is 2.05. The average molecular weight is 191 g/mol. The van der Waals surface area contributed by atoms with Crippen molar-refractivity contribution in [2.45, 2.75) is 26.4 Å². The van der Waals surface area contributed by atoms with Gasteiger partial charge in [0.1, 0.15) is 12.7 Å². The Labute approximate surface area is 82.4 Å². The van der Waals surface area contributed by atoms with Gasteiger partial charge in [-0.2, -0.15) is 10.2 Å². The van der Waals surface area contributed by atoms with Gasteiger partial charge in [0.15, 0.2) is 0 Å². The molecule has 0 N–H and O–H groups in total. The molecule has 0 aliphatic heterocycles. The second-order valence-corrected chi connectivity index (χ2v) is 3.52. The van der Waals surface area contributed by atoms with Gasteiger partial charge in [-0.05, 0) is 13.8 Å². The first kappa shape index (κ1) is 8.93. The minimum Gasteiger partial charge on any atom is -0.270 e. The molecule has 0 amide bonds. The lowest BCUT2D eigenvalue weighted by atomic mass is 10.3. The van der Waals surface area contributed by atoms with Gasteiger partial charge in [-0.15, -0.1) is 0 Å². The molecule has 0 aliphatic rings. The van der Waals surface area contributed by atoms with Crippen molar-refractivity contribution >= 4 is 0 Å². The predicted octanol–water partition coefficient (Wildman–Crippen LogP) is 1.10. The average Bonchev–Trinajstić information content (AvgIpc) is 2.75. The number of hydrogen-bond donors (Lipinski definition) is 0. The van der Waals surface area contributed by atoms with E-state index in [4.69, 9.17) is 0 Å². The summed E-state index contributed by atoms with van der Waals surface area (Å²) in [5, 5.41) is 8.29. The van der Waals surface area contributed by atoms with Crippen molar-refractivity contribution in [2.24, 2.45) is 0 Å². The zero-order valence-electron chi connectivity index (χ0n) is 8.33. The molecule has 2 heterocycles. The molecule has 5 heteroatoms. The van der Waals surface area contributed by atoms with Gasteiger partial charge < -0.3 is 0 Å². The summed E-state index contributed by atoms with van der Waals surface area (Å²) in [6, 6.07) is 0.402. The van der Waals surface area contributed by atoms with Gasteiger partial charge in [-0.1, -0.05) is 0 Å². The molecule has 14 heavy (non-hydrogen) atoms. The molecule has 2 aromatic heterocycles. The normalized spacial score (nSPS) is 11.1. The molecule has 0 saturated heterocycles. The molecular weight excluding hydrogens is 178 g/mol. The SMILES string of the molecule is CC(C)n1cc(Cn2cncn2)cn1. The van der Waals surface area contributed by atoms with Crippen LogP contribution in [-0.2, 0) is 6.54 Å². The van der Waals surface area contributed by atoms with E-state index in [1.54, 1.807) is 11.0 Å². The van der Waals surface area contributed by atoms with Crippen LogP contribution in [0, 0.1) is 0 Å². The molecule has 0 radical (unpaired) electrons. The summed E-state index contributed by atoms with van der Waals surface area (Å²) in [5.41, 5.74) is 1.14. The molecule has 0 fully saturated rings. The number of rotatable bonds is 3. The molecule has 5 nitrogen and oxygen atoms in total. The quantitative estimate of drug-likeness (QED) is 0.730. The Morgan fingerprint density at radius 2 is 2.21 bits per heavy atom. The van der Waals surface area contributed by atoms with Crippen molar-refractivity contribution in [3.05, 3.63) is 30.6 Å². The van der Waals surface area contributed by atoms with E-state index < -0.39 is 0 Å². The lowest BCUT2D eigenvalue weighted by molar-refractivity contribution is 0.531. The summed E-state index contributed by atoms with van der Waals surface area (Å²) >= 11 is 0. The van der Waals surface area contributed by atoms with Crippen LogP contribution >= 0.6 is 0 Å². The highest BCUT2D eigenvalue weighted by molar-refractivity contribution is 5.04. The van der Waals surface area contributed by atoms with E-state index in [-0.39, 0.29) is 0 Å². The number of hydrogen-bond acceptors (Lipinski definition) is 3. The molecule has 0 unspecified atom stereocenters. The van der Waals surface area contributed by atoms with Crippen LogP contribution in [0.3, 0.4) is 0 Å². The Morgan fingerprint density at radius 1 is 1.36 bits per heavy atom. The van der Waals surface area contributed by atoms with Crippen LogP contribution in [0.4, 0.5) is 0 Å². The van der Waals surface area contributed by atoms with Crippen molar-refractivity contribution in [1.82, 2.24) is 24.5 Å². The van der Waals surface area contributed by atoms with E-state index in [2.05, 4.69) is 29.0 Å². The molecule has 2 aromatic rings. The maximum Gasteiger partial charge on any atom is 0.137 e. The van der Waals surface area contributed by atoms with Gasteiger partial charge in [0.05, 0.1) is 12.7 Å². The smallest absolute Gasteiger partial charge is 0.137 e. The molecular formula is C9H13N5. The van der Waals surface area contributed by atoms with Crippen molar-refractivity contribution in [3.8, 4) is 0 Å². The summed E-state index contributed by atoms with van der Waals surface area (Å²) in [4.78, 5) is 3.88. The molecule has 2 rings (SSSR count). The fraction of sp³-hybridized carbons (Fsp3) is 0.444. The minimum absolute atomic E-state index is 0.402. The van der Waals surface area contributed by atoms with E-state index in [1.165, 1.54) is 6.33 Å². The molecule has 0 aliphatic carbocycles. The van der Waals surface area contributed by atoms with E-state index in [9.17, 15) is 0 Å². The topological polar surface area (TPSA) is 48.5 Å². The fourth-order valence-electron chi connectivity index (χ4n) is 1.24. The second kappa shape index (κ2) is 3.61. The lowest BCUT2D eigenvalue weighted by Gasteiger charge is -2.02. The van der Waals surface area contributed by atoms with Crippen LogP contribution in [0.15, 0.2) is 25.0 Å². The minimum atomic E-state index is 0.402. The van der Waals surface area contributed by atoms with E-state index >= 15 is 0 Å². The van der Waals surface area contributed by atoms with Crippen molar-refractivity contribution in [1.29, 1.82) is 0 Å².